The molecule has 1 aromatic heterocycles. The van der Waals surface area contributed by atoms with Crippen molar-refractivity contribution in [2.24, 2.45) is 0 Å². The molecule has 2 aromatic carbocycles. The fraction of sp³-hybridized carbons (Fsp3) is 0.211. The summed E-state index contributed by atoms with van der Waals surface area (Å²) >= 11 is 1.59. The van der Waals surface area contributed by atoms with E-state index in [1.165, 1.54) is 12.1 Å². The molecule has 25 heavy (non-hydrogen) atoms. The quantitative estimate of drug-likeness (QED) is 0.685. The van der Waals surface area contributed by atoms with Gasteiger partial charge in [0, 0.05) is 24.8 Å². The minimum atomic E-state index is -0.234. The molecule has 6 heteroatoms. The van der Waals surface area contributed by atoms with Crippen LogP contribution in [-0.2, 0) is 13.1 Å². The van der Waals surface area contributed by atoms with Gasteiger partial charge in [0.25, 0.3) is 0 Å². The normalized spacial score (nSPS) is 10.7. The highest BCUT2D eigenvalue weighted by Gasteiger charge is 2.10. The van der Waals surface area contributed by atoms with Crippen LogP contribution >= 0.6 is 11.3 Å². The number of methoxy groups -OCH3 is 2. The van der Waals surface area contributed by atoms with Crippen LogP contribution in [0.2, 0.25) is 0 Å². The zero-order valence-electron chi connectivity index (χ0n) is 14.1. The molecule has 0 radical (unpaired) electrons. The highest BCUT2D eigenvalue weighted by atomic mass is 32.1. The minimum absolute atomic E-state index is 0.234. The number of ether oxygens (including phenoxy) is 2. The van der Waals surface area contributed by atoms with Crippen LogP contribution in [-0.4, -0.2) is 19.2 Å². The lowest BCUT2D eigenvalue weighted by Gasteiger charge is -2.12. The molecule has 0 bridgehead atoms. The first-order valence-electron chi connectivity index (χ1n) is 7.82. The van der Waals surface area contributed by atoms with Crippen LogP contribution in [0.3, 0.4) is 0 Å². The van der Waals surface area contributed by atoms with Gasteiger partial charge in [0.2, 0.25) is 0 Å². The Balaban J connectivity index is 1.63. The van der Waals surface area contributed by atoms with Gasteiger partial charge in [0.05, 0.1) is 19.1 Å². The topological polar surface area (TPSA) is 43.4 Å². The largest absolute Gasteiger partial charge is 0.493 e. The summed E-state index contributed by atoms with van der Waals surface area (Å²) in [7, 11) is 3.26. The first-order chi connectivity index (χ1) is 12.2. The second-order valence-electron chi connectivity index (χ2n) is 5.38. The Labute approximate surface area is 150 Å². The molecule has 130 valence electrons. The number of thiazole rings is 1. The Morgan fingerprint density at radius 1 is 1.04 bits per heavy atom. The first-order valence-corrected chi connectivity index (χ1v) is 8.64. The van der Waals surface area contributed by atoms with Crippen LogP contribution in [0.4, 0.5) is 4.39 Å². The molecule has 0 saturated heterocycles. The van der Waals surface area contributed by atoms with Crippen molar-refractivity contribution in [3.8, 4) is 21.9 Å². The maximum absolute atomic E-state index is 13.0. The predicted octanol–water partition coefficient (Wildman–Crippen LogP) is 4.26. The number of benzene rings is 2. The molecule has 4 nitrogen and oxygen atoms in total. The van der Waals surface area contributed by atoms with Crippen LogP contribution in [0.25, 0.3) is 10.4 Å². The van der Waals surface area contributed by atoms with Crippen LogP contribution in [0.1, 0.15) is 10.6 Å². The third kappa shape index (κ3) is 4.15. The maximum atomic E-state index is 13.0. The van der Waals surface area contributed by atoms with Crippen molar-refractivity contribution in [3.63, 3.8) is 0 Å². The summed E-state index contributed by atoms with van der Waals surface area (Å²) in [5, 5.41) is 4.34. The summed E-state index contributed by atoms with van der Waals surface area (Å²) in [6.07, 6.45) is 1.82. The second kappa shape index (κ2) is 8.09. The fourth-order valence-electron chi connectivity index (χ4n) is 2.54. The molecule has 0 spiro atoms. The summed E-state index contributed by atoms with van der Waals surface area (Å²) in [5.41, 5.74) is 2.00. The summed E-state index contributed by atoms with van der Waals surface area (Å²) < 4.78 is 23.8. The SMILES string of the molecule is COc1cccc(CNCc2ncc(-c3ccc(F)cc3)s2)c1OC. The van der Waals surface area contributed by atoms with Gasteiger partial charge in [-0.05, 0) is 23.8 Å². The van der Waals surface area contributed by atoms with E-state index in [1.807, 2.05) is 24.4 Å². The van der Waals surface area contributed by atoms with Crippen molar-refractivity contribution in [1.29, 1.82) is 0 Å². The Hall–Kier alpha value is -2.44. The molecular formula is C19H19FN2O2S. The monoisotopic (exact) mass is 358 g/mol. The highest BCUT2D eigenvalue weighted by molar-refractivity contribution is 7.15. The summed E-state index contributed by atoms with van der Waals surface area (Å²) in [4.78, 5) is 5.45. The van der Waals surface area contributed by atoms with Crippen molar-refractivity contribution >= 4 is 11.3 Å². The Bertz CT molecular complexity index is 834. The molecule has 0 aliphatic heterocycles. The molecule has 3 rings (SSSR count). The number of nitrogens with zero attached hydrogens (tertiary/aromatic N) is 1. The number of nitrogens with one attached hydrogen (secondary N) is 1. The fourth-order valence-corrected chi connectivity index (χ4v) is 3.43. The molecule has 0 aliphatic rings. The predicted molar refractivity (Wildman–Crippen MR) is 97.6 cm³/mol. The van der Waals surface area contributed by atoms with E-state index in [0.29, 0.717) is 13.1 Å². The molecule has 0 aliphatic carbocycles. The van der Waals surface area contributed by atoms with E-state index in [4.69, 9.17) is 9.47 Å². The van der Waals surface area contributed by atoms with Crippen LogP contribution in [0, 0.1) is 5.82 Å². The van der Waals surface area contributed by atoms with Crippen LogP contribution in [0.15, 0.2) is 48.7 Å². The average Bonchev–Trinajstić information content (AvgIpc) is 3.11. The molecule has 3 aromatic rings. The van der Waals surface area contributed by atoms with E-state index in [1.54, 1.807) is 37.7 Å². The van der Waals surface area contributed by atoms with Gasteiger partial charge in [0.1, 0.15) is 10.8 Å². The summed E-state index contributed by atoms with van der Waals surface area (Å²) in [6.45, 7) is 1.29. The van der Waals surface area contributed by atoms with Crippen LogP contribution < -0.4 is 14.8 Å². The number of para-hydroxylation sites is 1. The van der Waals surface area contributed by atoms with Gasteiger partial charge in [0.15, 0.2) is 11.5 Å². The third-order valence-corrected chi connectivity index (χ3v) is 4.80. The zero-order valence-corrected chi connectivity index (χ0v) is 14.9. The van der Waals surface area contributed by atoms with E-state index < -0.39 is 0 Å². The lowest BCUT2D eigenvalue weighted by Crippen LogP contribution is -2.13. The molecule has 0 unspecified atom stereocenters. The zero-order chi connectivity index (χ0) is 17.6. The lowest BCUT2D eigenvalue weighted by atomic mass is 10.2. The molecule has 1 heterocycles. The van der Waals surface area contributed by atoms with Gasteiger partial charge in [-0.25, -0.2) is 9.37 Å². The Kier molecular flexibility index (Phi) is 5.63. The smallest absolute Gasteiger partial charge is 0.165 e. The first kappa shape index (κ1) is 17.4. The van der Waals surface area contributed by atoms with Crippen molar-refractivity contribution in [1.82, 2.24) is 10.3 Å². The third-order valence-electron chi connectivity index (χ3n) is 3.76. The van der Waals surface area contributed by atoms with Gasteiger partial charge in [-0.3, -0.25) is 0 Å². The van der Waals surface area contributed by atoms with Gasteiger partial charge in [-0.15, -0.1) is 11.3 Å². The maximum Gasteiger partial charge on any atom is 0.165 e. The number of aromatic nitrogens is 1. The second-order valence-corrected chi connectivity index (χ2v) is 6.50. The van der Waals surface area contributed by atoms with E-state index >= 15 is 0 Å². The van der Waals surface area contributed by atoms with E-state index in [9.17, 15) is 4.39 Å². The van der Waals surface area contributed by atoms with Gasteiger partial charge in [-0.2, -0.15) is 0 Å². The van der Waals surface area contributed by atoms with Gasteiger partial charge in [-0.1, -0.05) is 24.3 Å². The lowest BCUT2D eigenvalue weighted by molar-refractivity contribution is 0.350. The van der Waals surface area contributed by atoms with Crippen molar-refractivity contribution in [3.05, 3.63) is 65.0 Å². The van der Waals surface area contributed by atoms with Gasteiger partial charge < -0.3 is 14.8 Å². The number of hydrogen-bond donors (Lipinski definition) is 1. The van der Waals surface area contributed by atoms with Crippen molar-refractivity contribution in [2.75, 3.05) is 14.2 Å². The molecule has 0 amide bonds. The van der Waals surface area contributed by atoms with Gasteiger partial charge >= 0.3 is 0 Å². The highest BCUT2D eigenvalue weighted by Crippen LogP contribution is 2.31. The molecule has 0 fully saturated rings. The molecular weight excluding hydrogens is 339 g/mol. The number of halogens is 1. The van der Waals surface area contributed by atoms with Crippen LogP contribution in [0.5, 0.6) is 11.5 Å². The molecule has 1 N–H and O–H groups in total. The average molecular weight is 358 g/mol. The van der Waals surface area contributed by atoms with E-state index in [-0.39, 0.29) is 5.82 Å². The van der Waals surface area contributed by atoms with Crippen molar-refractivity contribution < 1.29 is 13.9 Å². The molecule has 0 saturated carbocycles. The standard InChI is InChI=1S/C19H19FN2O2S/c1-23-16-5-3-4-14(19(16)24-2)10-21-12-18-22-11-17(25-18)13-6-8-15(20)9-7-13/h3-9,11,21H,10,12H2,1-2H3. The van der Waals surface area contributed by atoms with E-state index in [2.05, 4.69) is 10.3 Å². The number of rotatable bonds is 7. The minimum Gasteiger partial charge on any atom is -0.493 e. The number of hydrogen-bond acceptors (Lipinski definition) is 5. The summed E-state index contributed by atoms with van der Waals surface area (Å²) in [6, 6.07) is 12.3. The van der Waals surface area contributed by atoms with E-state index in [0.717, 1.165) is 32.5 Å². The molecule has 0 atom stereocenters. The Morgan fingerprint density at radius 3 is 2.56 bits per heavy atom. The summed E-state index contributed by atoms with van der Waals surface area (Å²) in [5.74, 6) is 1.22. The Morgan fingerprint density at radius 2 is 1.84 bits per heavy atom. The van der Waals surface area contributed by atoms with Crippen molar-refractivity contribution in [2.45, 2.75) is 13.1 Å².